The average molecular weight is 175 g/mol. The van der Waals surface area contributed by atoms with Crippen molar-refractivity contribution >= 4 is 5.91 Å². The Morgan fingerprint density at radius 1 is 1.77 bits per heavy atom. The predicted octanol–water partition coefficient (Wildman–Crippen LogP) is 0.643. The number of aryl methyl sites for hydroxylation is 1. The SMILES string of the molecule is Cc1ccncc1C(=O)NCC#N. The molecule has 1 rings (SSSR count). The number of nitriles is 1. The number of aromatic nitrogens is 1. The van der Waals surface area contributed by atoms with Crippen LogP contribution in [-0.2, 0) is 0 Å². The van der Waals surface area contributed by atoms with Crippen molar-refractivity contribution in [3.8, 4) is 6.07 Å². The lowest BCUT2D eigenvalue weighted by molar-refractivity contribution is 0.0957. The Hall–Kier alpha value is -1.89. The number of carbonyl (C=O) groups is 1. The highest BCUT2D eigenvalue weighted by Crippen LogP contribution is 2.03. The summed E-state index contributed by atoms with van der Waals surface area (Å²) in [6, 6.07) is 3.59. The molecule has 0 aliphatic rings. The van der Waals surface area contributed by atoms with Crippen LogP contribution in [0.5, 0.6) is 0 Å². The Kier molecular flexibility index (Phi) is 2.98. The number of nitrogens with zero attached hydrogens (tertiary/aromatic N) is 2. The zero-order valence-corrected chi connectivity index (χ0v) is 7.24. The number of rotatable bonds is 2. The van der Waals surface area contributed by atoms with Crippen LogP contribution in [0.4, 0.5) is 0 Å². The predicted molar refractivity (Wildman–Crippen MR) is 46.9 cm³/mol. The molecule has 0 fully saturated rings. The Balaban J connectivity index is 2.78. The number of hydrogen-bond donors (Lipinski definition) is 1. The first-order chi connectivity index (χ1) is 6.25. The Bertz CT molecular complexity index is 354. The van der Waals surface area contributed by atoms with E-state index in [4.69, 9.17) is 5.26 Å². The van der Waals surface area contributed by atoms with Gasteiger partial charge in [-0.2, -0.15) is 5.26 Å². The zero-order chi connectivity index (χ0) is 9.68. The summed E-state index contributed by atoms with van der Waals surface area (Å²) < 4.78 is 0. The van der Waals surface area contributed by atoms with Crippen molar-refractivity contribution in [3.05, 3.63) is 29.6 Å². The van der Waals surface area contributed by atoms with Crippen molar-refractivity contribution in [2.75, 3.05) is 6.54 Å². The monoisotopic (exact) mass is 175 g/mol. The molecule has 1 heterocycles. The maximum atomic E-state index is 11.3. The molecule has 1 aromatic rings. The van der Waals surface area contributed by atoms with Crippen LogP contribution < -0.4 is 5.32 Å². The van der Waals surface area contributed by atoms with E-state index in [2.05, 4.69) is 10.3 Å². The van der Waals surface area contributed by atoms with Crippen LogP contribution in [0.25, 0.3) is 0 Å². The first-order valence-corrected chi connectivity index (χ1v) is 3.81. The van der Waals surface area contributed by atoms with Crippen LogP contribution in [0.15, 0.2) is 18.5 Å². The number of carbonyl (C=O) groups excluding carboxylic acids is 1. The molecule has 4 heteroatoms. The van der Waals surface area contributed by atoms with Crippen LogP contribution >= 0.6 is 0 Å². The highest BCUT2D eigenvalue weighted by atomic mass is 16.1. The second-order valence-corrected chi connectivity index (χ2v) is 2.53. The van der Waals surface area contributed by atoms with Crippen LogP contribution in [0, 0.1) is 18.3 Å². The minimum Gasteiger partial charge on any atom is -0.339 e. The Morgan fingerprint density at radius 2 is 2.54 bits per heavy atom. The van der Waals surface area contributed by atoms with Crippen LogP contribution in [0.2, 0.25) is 0 Å². The first-order valence-electron chi connectivity index (χ1n) is 3.81. The van der Waals surface area contributed by atoms with Gasteiger partial charge in [-0.1, -0.05) is 0 Å². The van der Waals surface area contributed by atoms with Crippen molar-refractivity contribution < 1.29 is 4.79 Å². The van der Waals surface area contributed by atoms with E-state index >= 15 is 0 Å². The molecule has 0 atom stereocenters. The number of nitrogens with one attached hydrogen (secondary N) is 1. The van der Waals surface area contributed by atoms with Gasteiger partial charge >= 0.3 is 0 Å². The third kappa shape index (κ3) is 2.27. The highest BCUT2D eigenvalue weighted by molar-refractivity contribution is 5.95. The highest BCUT2D eigenvalue weighted by Gasteiger charge is 2.06. The second-order valence-electron chi connectivity index (χ2n) is 2.53. The molecular weight excluding hydrogens is 166 g/mol. The lowest BCUT2D eigenvalue weighted by atomic mass is 10.1. The van der Waals surface area contributed by atoms with E-state index in [0.29, 0.717) is 5.56 Å². The molecule has 0 saturated heterocycles. The number of amides is 1. The summed E-state index contributed by atoms with van der Waals surface area (Å²) in [6.07, 6.45) is 3.11. The van der Waals surface area contributed by atoms with Crippen LogP contribution in [-0.4, -0.2) is 17.4 Å². The lowest BCUT2D eigenvalue weighted by Gasteiger charge is -2.02. The quantitative estimate of drug-likeness (QED) is 0.671. The summed E-state index contributed by atoms with van der Waals surface area (Å²) in [5.74, 6) is -0.257. The van der Waals surface area contributed by atoms with E-state index in [1.807, 2.05) is 13.0 Å². The topological polar surface area (TPSA) is 65.8 Å². The van der Waals surface area contributed by atoms with Gasteiger partial charge in [-0.05, 0) is 18.6 Å². The van der Waals surface area contributed by atoms with Gasteiger partial charge in [0.15, 0.2) is 0 Å². The zero-order valence-electron chi connectivity index (χ0n) is 7.24. The van der Waals surface area contributed by atoms with E-state index in [0.717, 1.165) is 5.56 Å². The first kappa shape index (κ1) is 9.20. The van der Waals surface area contributed by atoms with Gasteiger partial charge in [-0.25, -0.2) is 0 Å². The van der Waals surface area contributed by atoms with Crippen molar-refractivity contribution in [2.45, 2.75) is 6.92 Å². The van der Waals surface area contributed by atoms with E-state index in [1.54, 1.807) is 12.3 Å². The van der Waals surface area contributed by atoms with E-state index < -0.39 is 0 Å². The minimum absolute atomic E-state index is 0.0210. The molecule has 1 amide bonds. The molecule has 66 valence electrons. The fraction of sp³-hybridized carbons (Fsp3) is 0.222. The third-order valence-corrected chi connectivity index (χ3v) is 1.61. The average Bonchev–Trinajstić information content (AvgIpc) is 2.15. The van der Waals surface area contributed by atoms with Gasteiger partial charge < -0.3 is 5.32 Å². The van der Waals surface area contributed by atoms with E-state index in [9.17, 15) is 4.79 Å². The molecule has 1 N–H and O–H groups in total. The van der Waals surface area contributed by atoms with Crippen LogP contribution in [0.1, 0.15) is 15.9 Å². The summed E-state index contributed by atoms with van der Waals surface area (Å²) in [5, 5.41) is 10.7. The number of pyridine rings is 1. The Morgan fingerprint density at radius 3 is 3.15 bits per heavy atom. The van der Waals surface area contributed by atoms with Gasteiger partial charge in [0, 0.05) is 12.4 Å². The summed E-state index contributed by atoms with van der Waals surface area (Å²) in [7, 11) is 0. The molecule has 0 spiro atoms. The normalized spacial score (nSPS) is 8.92. The summed E-state index contributed by atoms with van der Waals surface area (Å²) in [6.45, 7) is 1.84. The molecule has 13 heavy (non-hydrogen) atoms. The lowest BCUT2D eigenvalue weighted by Crippen LogP contribution is -2.24. The molecule has 0 aliphatic heterocycles. The van der Waals surface area contributed by atoms with Gasteiger partial charge in [-0.15, -0.1) is 0 Å². The largest absolute Gasteiger partial charge is 0.339 e. The summed E-state index contributed by atoms with van der Waals surface area (Å²) >= 11 is 0. The van der Waals surface area contributed by atoms with Crippen molar-refractivity contribution in [1.29, 1.82) is 5.26 Å². The third-order valence-electron chi connectivity index (χ3n) is 1.61. The summed E-state index contributed by atoms with van der Waals surface area (Å²) in [4.78, 5) is 15.2. The fourth-order valence-electron chi connectivity index (χ4n) is 0.917. The second kappa shape index (κ2) is 4.21. The fourth-order valence-corrected chi connectivity index (χ4v) is 0.917. The minimum atomic E-state index is -0.257. The molecule has 0 saturated carbocycles. The van der Waals surface area contributed by atoms with Gasteiger partial charge in [-0.3, -0.25) is 9.78 Å². The van der Waals surface area contributed by atoms with Crippen molar-refractivity contribution in [3.63, 3.8) is 0 Å². The molecule has 1 aromatic heterocycles. The standard InChI is InChI=1S/C9H9N3O/c1-7-2-4-11-6-8(7)9(13)12-5-3-10/h2,4,6H,5H2,1H3,(H,12,13). The molecule has 0 bridgehead atoms. The van der Waals surface area contributed by atoms with Gasteiger partial charge in [0.05, 0.1) is 11.6 Å². The maximum Gasteiger partial charge on any atom is 0.253 e. The van der Waals surface area contributed by atoms with Crippen molar-refractivity contribution in [1.82, 2.24) is 10.3 Å². The van der Waals surface area contributed by atoms with Gasteiger partial charge in [0.2, 0.25) is 0 Å². The molecule has 4 nitrogen and oxygen atoms in total. The molecule has 0 radical (unpaired) electrons. The number of hydrogen-bond acceptors (Lipinski definition) is 3. The molecule has 0 aliphatic carbocycles. The van der Waals surface area contributed by atoms with Gasteiger partial charge in [0.1, 0.15) is 6.54 Å². The molecule has 0 unspecified atom stereocenters. The smallest absolute Gasteiger partial charge is 0.253 e. The molecular formula is C9H9N3O. The Labute approximate surface area is 76.2 Å². The van der Waals surface area contributed by atoms with Gasteiger partial charge in [0.25, 0.3) is 5.91 Å². The van der Waals surface area contributed by atoms with E-state index in [1.165, 1.54) is 6.20 Å². The van der Waals surface area contributed by atoms with E-state index in [-0.39, 0.29) is 12.5 Å². The molecule has 0 aromatic carbocycles. The van der Waals surface area contributed by atoms with Crippen LogP contribution in [0.3, 0.4) is 0 Å². The van der Waals surface area contributed by atoms with Crippen molar-refractivity contribution in [2.24, 2.45) is 0 Å². The summed E-state index contributed by atoms with van der Waals surface area (Å²) in [5.41, 5.74) is 1.36. The maximum absolute atomic E-state index is 11.3.